The van der Waals surface area contributed by atoms with E-state index in [0.29, 0.717) is 36.5 Å². The number of hydrogen-bond donors (Lipinski definition) is 0. The second-order valence-corrected chi connectivity index (χ2v) is 8.42. The van der Waals surface area contributed by atoms with Gasteiger partial charge in [-0.3, -0.25) is 14.6 Å². The second-order valence-electron chi connectivity index (χ2n) is 8.42. The molecule has 2 aromatic carbocycles. The lowest BCUT2D eigenvalue weighted by Crippen LogP contribution is -2.38. The Kier molecular flexibility index (Phi) is 6.54. The lowest BCUT2D eigenvalue weighted by molar-refractivity contribution is -0.146. The Bertz CT molecular complexity index is 1070. The molecule has 0 bridgehead atoms. The standard InChI is InChI=1S/C27H29NO4/c1-4-14-32-27(30)24-17(2)28-21-15-19(18-10-6-5-7-11-18)16-22(29)26(21)25(24)20-12-8-9-13-23(20)31-3/h5-13,19,24-25H,4,14-16H2,1-3H3. The molecule has 1 aliphatic carbocycles. The van der Waals surface area contributed by atoms with Gasteiger partial charge in [-0.1, -0.05) is 55.5 Å². The number of methoxy groups -OCH3 is 1. The zero-order valence-corrected chi connectivity index (χ0v) is 18.8. The molecule has 0 aromatic heterocycles. The summed E-state index contributed by atoms with van der Waals surface area (Å²) in [5.74, 6) is -0.665. The van der Waals surface area contributed by atoms with Gasteiger partial charge in [0.15, 0.2) is 5.78 Å². The summed E-state index contributed by atoms with van der Waals surface area (Å²) in [6.07, 6.45) is 1.81. The van der Waals surface area contributed by atoms with Crippen molar-refractivity contribution in [3.63, 3.8) is 0 Å². The van der Waals surface area contributed by atoms with Gasteiger partial charge in [-0.05, 0) is 37.3 Å². The molecule has 2 aliphatic rings. The van der Waals surface area contributed by atoms with Gasteiger partial charge in [0, 0.05) is 34.9 Å². The van der Waals surface area contributed by atoms with Gasteiger partial charge in [0.05, 0.1) is 13.7 Å². The molecule has 0 N–H and O–H groups in total. The van der Waals surface area contributed by atoms with Crippen LogP contribution in [0.15, 0.2) is 70.9 Å². The Morgan fingerprint density at radius 1 is 1.06 bits per heavy atom. The number of aliphatic imine (C=N–C) groups is 1. The largest absolute Gasteiger partial charge is 0.496 e. The molecule has 0 spiro atoms. The van der Waals surface area contributed by atoms with Crippen molar-refractivity contribution in [2.45, 2.75) is 44.9 Å². The molecule has 5 heteroatoms. The van der Waals surface area contributed by atoms with Crippen molar-refractivity contribution in [3.8, 4) is 5.75 Å². The topological polar surface area (TPSA) is 65.0 Å². The van der Waals surface area contributed by atoms with Gasteiger partial charge < -0.3 is 9.47 Å². The molecule has 0 fully saturated rings. The molecule has 0 amide bonds. The molecule has 5 nitrogen and oxygen atoms in total. The van der Waals surface area contributed by atoms with Crippen molar-refractivity contribution < 1.29 is 19.1 Å². The summed E-state index contributed by atoms with van der Waals surface area (Å²) < 4.78 is 11.2. The molecule has 0 saturated heterocycles. The molecule has 166 valence electrons. The van der Waals surface area contributed by atoms with Crippen molar-refractivity contribution in [1.29, 1.82) is 0 Å². The third-order valence-corrected chi connectivity index (χ3v) is 6.34. The number of benzene rings is 2. The lowest BCUT2D eigenvalue weighted by Gasteiger charge is -2.37. The van der Waals surface area contributed by atoms with Crippen LogP contribution in [-0.2, 0) is 14.3 Å². The molecular weight excluding hydrogens is 402 g/mol. The third-order valence-electron chi connectivity index (χ3n) is 6.34. The highest BCUT2D eigenvalue weighted by atomic mass is 16.5. The Balaban J connectivity index is 1.82. The maximum atomic E-state index is 13.6. The monoisotopic (exact) mass is 431 g/mol. The number of esters is 1. The fourth-order valence-electron chi connectivity index (χ4n) is 4.88. The summed E-state index contributed by atoms with van der Waals surface area (Å²) >= 11 is 0. The van der Waals surface area contributed by atoms with Crippen LogP contribution < -0.4 is 4.74 Å². The number of allylic oxidation sites excluding steroid dienone is 2. The molecule has 1 heterocycles. The molecule has 4 rings (SSSR count). The number of nitrogens with zero attached hydrogens (tertiary/aromatic N) is 1. The van der Waals surface area contributed by atoms with Crippen LogP contribution in [0.2, 0.25) is 0 Å². The average molecular weight is 432 g/mol. The minimum Gasteiger partial charge on any atom is -0.496 e. The van der Waals surface area contributed by atoms with E-state index in [1.807, 2.05) is 56.3 Å². The van der Waals surface area contributed by atoms with E-state index in [2.05, 4.69) is 12.1 Å². The van der Waals surface area contributed by atoms with E-state index in [-0.39, 0.29) is 17.7 Å². The van der Waals surface area contributed by atoms with Crippen molar-refractivity contribution >= 4 is 17.5 Å². The summed E-state index contributed by atoms with van der Waals surface area (Å²) in [4.78, 5) is 31.5. The normalized spacial score (nSPS) is 22.8. The van der Waals surface area contributed by atoms with Gasteiger partial charge in [-0.15, -0.1) is 0 Å². The minimum absolute atomic E-state index is 0.0422. The molecule has 3 unspecified atom stereocenters. The van der Waals surface area contributed by atoms with Gasteiger partial charge in [0.1, 0.15) is 11.7 Å². The first kappa shape index (κ1) is 22.0. The van der Waals surface area contributed by atoms with E-state index < -0.39 is 11.8 Å². The number of hydrogen-bond acceptors (Lipinski definition) is 5. The molecule has 1 aliphatic heterocycles. The molecule has 32 heavy (non-hydrogen) atoms. The van der Waals surface area contributed by atoms with Crippen LogP contribution in [0, 0.1) is 5.92 Å². The van der Waals surface area contributed by atoms with Crippen molar-refractivity contribution in [3.05, 3.63) is 77.0 Å². The first-order valence-corrected chi connectivity index (χ1v) is 11.2. The predicted molar refractivity (Wildman–Crippen MR) is 124 cm³/mol. The zero-order valence-electron chi connectivity index (χ0n) is 18.8. The smallest absolute Gasteiger partial charge is 0.315 e. The highest BCUT2D eigenvalue weighted by Gasteiger charge is 2.45. The quantitative estimate of drug-likeness (QED) is 0.588. The maximum Gasteiger partial charge on any atom is 0.315 e. The Morgan fingerprint density at radius 2 is 1.78 bits per heavy atom. The van der Waals surface area contributed by atoms with Crippen molar-refractivity contribution in [2.75, 3.05) is 13.7 Å². The molecular formula is C27H29NO4. The minimum atomic E-state index is -0.645. The van der Waals surface area contributed by atoms with Crippen LogP contribution >= 0.6 is 0 Å². The number of para-hydroxylation sites is 1. The van der Waals surface area contributed by atoms with Gasteiger partial charge in [0.2, 0.25) is 0 Å². The van der Waals surface area contributed by atoms with Gasteiger partial charge in [-0.2, -0.15) is 0 Å². The van der Waals surface area contributed by atoms with Gasteiger partial charge >= 0.3 is 5.97 Å². The van der Waals surface area contributed by atoms with Crippen LogP contribution in [0.5, 0.6) is 5.75 Å². The van der Waals surface area contributed by atoms with Gasteiger partial charge in [-0.25, -0.2) is 0 Å². The second kappa shape index (κ2) is 9.51. The molecule has 0 saturated carbocycles. The van der Waals surface area contributed by atoms with E-state index in [1.54, 1.807) is 7.11 Å². The van der Waals surface area contributed by atoms with E-state index in [9.17, 15) is 9.59 Å². The summed E-state index contributed by atoms with van der Waals surface area (Å²) in [7, 11) is 1.61. The van der Waals surface area contributed by atoms with Crippen molar-refractivity contribution in [2.24, 2.45) is 10.9 Å². The lowest BCUT2D eigenvalue weighted by atomic mass is 9.69. The fraction of sp³-hybridized carbons (Fsp3) is 0.370. The number of ether oxygens (including phenoxy) is 2. The predicted octanol–water partition coefficient (Wildman–Crippen LogP) is 5.22. The van der Waals surface area contributed by atoms with E-state index in [4.69, 9.17) is 14.5 Å². The maximum absolute atomic E-state index is 13.6. The van der Waals surface area contributed by atoms with Crippen molar-refractivity contribution in [1.82, 2.24) is 0 Å². The molecule has 3 atom stereocenters. The van der Waals surface area contributed by atoms with Crippen LogP contribution in [0.25, 0.3) is 0 Å². The number of carbonyl (C=O) groups excluding carboxylic acids is 2. The summed E-state index contributed by atoms with van der Waals surface area (Å²) in [6.45, 7) is 4.17. The molecule has 0 radical (unpaired) electrons. The summed E-state index contributed by atoms with van der Waals surface area (Å²) in [5, 5.41) is 0. The van der Waals surface area contributed by atoms with Crippen LogP contribution in [0.1, 0.15) is 56.1 Å². The highest BCUT2D eigenvalue weighted by Crippen LogP contribution is 2.48. The zero-order chi connectivity index (χ0) is 22.7. The fourth-order valence-corrected chi connectivity index (χ4v) is 4.88. The number of rotatable bonds is 6. The summed E-state index contributed by atoms with van der Waals surface area (Å²) in [5.41, 5.74) is 4.05. The SMILES string of the molecule is CCCOC(=O)C1C(C)=NC2=C(C(=O)CC(c3ccccc3)C2)C1c1ccccc1OC. The highest BCUT2D eigenvalue weighted by molar-refractivity contribution is 6.09. The number of ketones is 1. The van der Waals surface area contributed by atoms with Crippen LogP contribution in [-0.4, -0.2) is 31.2 Å². The average Bonchev–Trinajstić information content (AvgIpc) is 2.82. The third kappa shape index (κ3) is 4.12. The Morgan fingerprint density at radius 3 is 2.50 bits per heavy atom. The number of Topliss-reactive ketones (excluding diaryl/α,β-unsaturated/α-hetero) is 1. The number of carbonyl (C=O) groups is 2. The van der Waals surface area contributed by atoms with Crippen LogP contribution in [0.4, 0.5) is 0 Å². The molecule has 2 aromatic rings. The Hall–Kier alpha value is -3.21. The van der Waals surface area contributed by atoms with Gasteiger partial charge in [0.25, 0.3) is 0 Å². The summed E-state index contributed by atoms with van der Waals surface area (Å²) in [6, 6.07) is 17.7. The first-order valence-electron chi connectivity index (χ1n) is 11.2. The van der Waals surface area contributed by atoms with E-state index >= 15 is 0 Å². The van der Waals surface area contributed by atoms with Crippen LogP contribution in [0.3, 0.4) is 0 Å². The van der Waals surface area contributed by atoms with E-state index in [0.717, 1.165) is 23.2 Å². The first-order chi connectivity index (χ1) is 15.5. The Labute approximate surface area is 189 Å². The van der Waals surface area contributed by atoms with E-state index in [1.165, 1.54) is 0 Å².